The van der Waals surface area contributed by atoms with Gasteiger partial charge in [-0.25, -0.2) is 0 Å². The largest absolute Gasteiger partial charge is 0.368 e. The quantitative estimate of drug-likeness (QED) is 0.625. The van der Waals surface area contributed by atoms with Crippen molar-refractivity contribution in [3.05, 3.63) is 0 Å². The number of aliphatic hydroxyl groups is 1. The summed E-state index contributed by atoms with van der Waals surface area (Å²) in [5.74, 6) is 0. The Morgan fingerprint density at radius 2 is 2.45 bits per heavy atom. The molecule has 1 aliphatic carbocycles. The molecule has 1 saturated carbocycles. The average molecular weight is 156 g/mol. The topological polar surface area (TPSA) is 29.5 Å². The minimum absolute atomic E-state index is 0.347. The van der Waals surface area contributed by atoms with Crippen molar-refractivity contribution in [2.45, 2.75) is 51.4 Å². The first-order valence-corrected chi connectivity index (χ1v) is 4.60. The number of ether oxygens (including phenoxy) is 1. The van der Waals surface area contributed by atoms with E-state index in [1.54, 1.807) is 0 Å². The van der Waals surface area contributed by atoms with Crippen molar-refractivity contribution in [2.24, 2.45) is 5.41 Å². The maximum absolute atomic E-state index is 9.31. The Kier molecular flexibility index (Phi) is 1.69. The number of hydrogen-bond acceptors (Lipinski definition) is 2. The third-order valence-corrected chi connectivity index (χ3v) is 3.43. The molecule has 2 nitrogen and oxygen atoms in total. The fraction of sp³-hybridized carbons (Fsp3) is 1.00. The highest BCUT2D eigenvalue weighted by Gasteiger charge is 2.49. The van der Waals surface area contributed by atoms with E-state index >= 15 is 0 Å². The van der Waals surface area contributed by atoms with Crippen LogP contribution >= 0.6 is 0 Å². The Morgan fingerprint density at radius 3 is 3.09 bits per heavy atom. The van der Waals surface area contributed by atoms with Gasteiger partial charge in [-0.1, -0.05) is 13.3 Å². The van der Waals surface area contributed by atoms with E-state index in [2.05, 4.69) is 6.92 Å². The van der Waals surface area contributed by atoms with Crippen LogP contribution in [0.4, 0.5) is 0 Å². The van der Waals surface area contributed by atoms with Crippen LogP contribution < -0.4 is 0 Å². The zero-order valence-electron chi connectivity index (χ0n) is 7.05. The van der Waals surface area contributed by atoms with Crippen LogP contribution in [0.15, 0.2) is 0 Å². The van der Waals surface area contributed by atoms with Crippen LogP contribution in [0.3, 0.4) is 0 Å². The van der Waals surface area contributed by atoms with Crippen molar-refractivity contribution in [1.29, 1.82) is 0 Å². The molecular weight excluding hydrogens is 140 g/mol. The van der Waals surface area contributed by atoms with Gasteiger partial charge in [-0.05, 0) is 19.3 Å². The molecule has 64 valence electrons. The van der Waals surface area contributed by atoms with Gasteiger partial charge in [0.1, 0.15) is 0 Å². The number of hydrogen-bond donors (Lipinski definition) is 1. The van der Waals surface area contributed by atoms with Crippen LogP contribution in [0, 0.1) is 5.41 Å². The molecule has 2 aliphatic rings. The van der Waals surface area contributed by atoms with Crippen LogP contribution in [0.2, 0.25) is 0 Å². The molecular formula is C9H16O2. The van der Waals surface area contributed by atoms with E-state index < -0.39 is 6.29 Å². The van der Waals surface area contributed by atoms with E-state index in [0.29, 0.717) is 11.5 Å². The zero-order chi connectivity index (χ0) is 7.90. The summed E-state index contributed by atoms with van der Waals surface area (Å²) in [5.41, 5.74) is 0.347. The van der Waals surface area contributed by atoms with Crippen LogP contribution in [0.5, 0.6) is 0 Å². The van der Waals surface area contributed by atoms with E-state index in [9.17, 15) is 5.11 Å². The summed E-state index contributed by atoms with van der Waals surface area (Å²) >= 11 is 0. The Labute approximate surface area is 67.6 Å². The minimum Gasteiger partial charge on any atom is -0.368 e. The first-order chi connectivity index (χ1) is 5.27. The van der Waals surface area contributed by atoms with Crippen LogP contribution in [-0.2, 0) is 4.74 Å². The van der Waals surface area contributed by atoms with Crippen LogP contribution in [-0.4, -0.2) is 17.5 Å². The predicted octanol–water partition coefficient (Wildman–Crippen LogP) is 1.67. The average Bonchev–Trinajstić information content (AvgIpc) is 2.43. The summed E-state index contributed by atoms with van der Waals surface area (Å²) < 4.78 is 5.44. The Bertz CT molecular complexity index is 158. The van der Waals surface area contributed by atoms with Gasteiger partial charge in [-0.2, -0.15) is 0 Å². The van der Waals surface area contributed by atoms with Crippen molar-refractivity contribution in [3.63, 3.8) is 0 Å². The fourth-order valence-electron chi connectivity index (χ4n) is 2.69. The van der Waals surface area contributed by atoms with Gasteiger partial charge in [0.2, 0.25) is 0 Å². The second-order valence-corrected chi connectivity index (χ2v) is 3.89. The van der Waals surface area contributed by atoms with E-state index in [0.717, 1.165) is 19.3 Å². The predicted molar refractivity (Wildman–Crippen MR) is 42.1 cm³/mol. The van der Waals surface area contributed by atoms with Crippen molar-refractivity contribution >= 4 is 0 Å². The second kappa shape index (κ2) is 2.46. The Morgan fingerprint density at radius 1 is 1.64 bits per heavy atom. The molecule has 3 unspecified atom stereocenters. The highest BCUT2D eigenvalue weighted by atomic mass is 16.6. The van der Waals surface area contributed by atoms with E-state index in [1.165, 1.54) is 12.8 Å². The summed E-state index contributed by atoms with van der Waals surface area (Å²) in [6, 6.07) is 0. The summed E-state index contributed by atoms with van der Waals surface area (Å²) in [4.78, 5) is 0. The summed E-state index contributed by atoms with van der Waals surface area (Å²) in [7, 11) is 0. The minimum atomic E-state index is -0.472. The molecule has 1 N–H and O–H groups in total. The van der Waals surface area contributed by atoms with Crippen molar-refractivity contribution in [3.8, 4) is 0 Å². The standard InChI is InChI=1S/C9H16O2/c1-2-9-5-3-4-7(9)11-8(10)6-9/h7-8,10H,2-6H2,1H3. The van der Waals surface area contributed by atoms with Gasteiger partial charge in [-0.15, -0.1) is 0 Å². The highest BCUT2D eigenvalue weighted by molar-refractivity contribution is 4.96. The molecule has 3 atom stereocenters. The highest BCUT2D eigenvalue weighted by Crippen LogP contribution is 2.51. The Hall–Kier alpha value is -0.0800. The molecule has 1 saturated heterocycles. The third-order valence-electron chi connectivity index (χ3n) is 3.43. The van der Waals surface area contributed by atoms with E-state index in [1.807, 2.05) is 0 Å². The zero-order valence-corrected chi connectivity index (χ0v) is 7.05. The summed E-state index contributed by atoms with van der Waals surface area (Å²) in [6.45, 7) is 2.21. The molecule has 0 aromatic heterocycles. The summed E-state index contributed by atoms with van der Waals surface area (Å²) in [6.07, 6.45) is 5.62. The van der Waals surface area contributed by atoms with Gasteiger partial charge in [-0.3, -0.25) is 0 Å². The van der Waals surface area contributed by atoms with Crippen LogP contribution in [0.1, 0.15) is 39.0 Å². The first-order valence-electron chi connectivity index (χ1n) is 4.60. The lowest BCUT2D eigenvalue weighted by molar-refractivity contribution is -0.0929. The smallest absolute Gasteiger partial charge is 0.155 e. The van der Waals surface area contributed by atoms with Gasteiger partial charge < -0.3 is 9.84 Å². The van der Waals surface area contributed by atoms with Crippen LogP contribution in [0.25, 0.3) is 0 Å². The lowest BCUT2D eigenvalue weighted by Gasteiger charge is -2.24. The normalized spacial score (nSPS) is 49.6. The summed E-state index contributed by atoms with van der Waals surface area (Å²) in [5, 5.41) is 9.31. The second-order valence-electron chi connectivity index (χ2n) is 3.89. The van der Waals surface area contributed by atoms with Gasteiger partial charge in [0.15, 0.2) is 6.29 Å². The molecule has 2 fully saturated rings. The van der Waals surface area contributed by atoms with Crippen molar-refractivity contribution < 1.29 is 9.84 Å². The third kappa shape index (κ3) is 1.00. The SMILES string of the molecule is CCC12CCCC1OC(O)C2. The van der Waals surface area contributed by atoms with E-state index in [-0.39, 0.29) is 0 Å². The molecule has 1 heterocycles. The molecule has 11 heavy (non-hydrogen) atoms. The lowest BCUT2D eigenvalue weighted by Crippen LogP contribution is -2.23. The number of rotatable bonds is 1. The maximum atomic E-state index is 9.31. The lowest BCUT2D eigenvalue weighted by atomic mass is 9.80. The molecule has 0 spiro atoms. The molecule has 0 aromatic rings. The molecule has 2 rings (SSSR count). The molecule has 1 aliphatic heterocycles. The van der Waals surface area contributed by atoms with E-state index in [4.69, 9.17) is 4.74 Å². The van der Waals surface area contributed by atoms with Gasteiger partial charge >= 0.3 is 0 Å². The Balaban J connectivity index is 2.15. The van der Waals surface area contributed by atoms with Gasteiger partial charge in [0, 0.05) is 11.8 Å². The number of aliphatic hydroxyl groups excluding tert-OH is 1. The maximum Gasteiger partial charge on any atom is 0.155 e. The first kappa shape index (κ1) is 7.56. The molecule has 0 aromatic carbocycles. The molecule has 0 radical (unpaired) electrons. The fourth-order valence-corrected chi connectivity index (χ4v) is 2.69. The van der Waals surface area contributed by atoms with Crippen molar-refractivity contribution in [2.75, 3.05) is 0 Å². The van der Waals surface area contributed by atoms with Gasteiger partial charge in [0.25, 0.3) is 0 Å². The number of fused-ring (bicyclic) bond motifs is 1. The molecule has 2 heteroatoms. The monoisotopic (exact) mass is 156 g/mol. The molecule has 0 amide bonds. The van der Waals surface area contributed by atoms with Gasteiger partial charge in [0.05, 0.1) is 6.10 Å². The molecule has 0 bridgehead atoms. The van der Waals surface area contributed by atoms with Crippen molar-refractivity contribution in [1.82, 2.24) is 0 Å².